The first kappa shape index (κ1) is 17.1. The van der Waals surface area contributed by atoms with Gasteiger partial charge in [-0.05, 0) is 17.7 Å². The van der Waals surface area contributed by atoms with Crippen LogP contribution in [0.2, 0.25) is 5.02 Å². The van der Waals surface area contributed by atoms with E-state index in [9.17, 15) is 13.2 Å². The number of rotatable bonds is 4. The number of nitrogens with zero attached hydrogens (tertiary/aromatic N) is 2. The molecule has 1 fully saturated rings. The molecule has 0 bridgehead atoms. The van der Waals surface area contributed by atoms with E-state index in [0.717, 1.165) is 5.56 Å². The fourth-order valence-electron chi connectivity index (χ4n) is 2.38. The summed E-state index contributed by atoms with van der Waals surface area (Å²) in [7, 11) is -1.65. The maximum atomic E-state index is 12.3. The summed E-state index contributed by atoms with van der Waals surface area (Å²) >= 11 is 6.04. The number of sulfonamides is 1. The van der Waals surface area contributed by atoms with Crippen LogP contribution in [0.4, 0.5) is 0 Å². The number of halogens is 1. The molecule has 0 spiro atoms. The molecule has 0 unspecified atom stereocenters. The normalized spacial score (nSPS) is 16.6. The van der Waals surface area contributed by atoms with Crippen LogP contribution in [0.25, 0.3) is 0 Å². The lowest BCUT2D eigenvalue weighted by Crippen LogP contribution is -2.50. The van der Waals surface area contributed by atoms with Crippen molar-refractivity contribution in [3.8, 4) is 5.75 Å². The van der Waals surface area contributed by atoms with Crippen molar-refractivity contribution < 1.29 is 17.9 Å². The summed E-state index contributed by atoms with van der Waals surface area (Å²) in [5.41, 5.74) is 0.807. The predicted molar refractivity (Wildman–Crippen MR) is 84.7 cm³/mol. The van der Waals surface area contributed by atoms with E-state index in [-0.39, 0.29) is 12.3 Å². The van der Waals surface area contributed by atoms with Crippen molar-refractivity contribution in [1.82, 2.24) is 9.21 Å². The topological polar surface area (TPSA) is 66.9 Å². The van der Waals surface area contributed by atoms with Crippen LogP contribution >= 0.6 is 11.6 Å². The highest BCUT2D eigenvalue weighted by Gasteiger charge is 2.25. The number of ether oxygens (including phenoxy) is 1. The first-order chi connectivity index (χ1) is 10.3. The zero-order valence-electron chi connectivity index (χ0n) is 12.6. The molecule has 1 aromatic carbocycles. The minimum atomic E-state index is -3.18. The van der Waals surface area contributed by atoms with Crippen molar-refractivity contribution in [2.24, 2.45) is 0 Å². The second kappa shape index (κ2) is 6.85. The Hall–Kier alpha value is -1.31. The first-order valence-electron chi connectivity index (χ1n) is 6.86. The SMILES string of the molecule is COc1ccc(CC(=O)N2CCN(S(C)(=O)=O)CC2)cc1Cl. The molecule has 0 N–H and O–H groups in total. The number of amides is 1. The van der Waals surface area contributed by atoms with Crippen LogP contribution in [-0.2, 0) is 21.2 Å². The van der Waals surface area contributed by atoms with E-state index < -0.39 is 10.0 Å². The van der Waals surface area contributed by atoms with Gasteiger partial charge < -0.3 is 9.64 Å². The third kappa shape index (κ3) is 4.12. The molecule has 122 valence electrons. The number of hydrogen-bond donors (Lipinski definition) is 0. The molecule has 0 radical (unpaired) electrons. The Morgan fingerprint density at radius 3 is 2.41 bits per heavy atom. The summed E-state index contributed by atoms with van der Waals surface area (Å²) in [6.07, 6.45) is 1.42. The predicted octanol–water partition coefficient (Wildman–Crippen LogP) is 0.995. The largest absolute Gasteiger partial charge is 0.495 e. The summed E-state index contributed by atoms with van der Waals surface area (Å²) in [6.45, 7) is 1.51. The molecule has 22 heavy (non-hydrogen) atoms. The minimum absolute atomic E-state index is 0.0330. The zero-order chi connectivity index (χ0) is 16.3. The standard InChI is InChI=1S/C14H19ClN2O4S/c1-21-13-4-3-11(9-12(13)15)10-14(18)16-5-7-17(8-6-16)22(2,19)20/h3-4,9H,5-8,10H2,1-2H3. The molecule has 8 heteroatoms. The van der Waals surface area contributed by atoms with Gasteiger partial charge in [-0.25, -0.2) is 8.42 Å². The van der Waals surface area contributed by atoms with Gasteiger partial charge in [-0.1, -0.05) is 17.7 Å². The Kier molecular flexibility index (Phi) is 5.31. The second-order valence-electron chi connectivity index (χ2n) is 5.19. The molecule has 6 nitrogen and oxygen atoms in total. The molecule has 1 aliphatic heterocycles. The lowest BCUT2D eigenvalue weighted by molar-refractivity contribution is -0.131. The zero-order valence-corrected chi connectivity index (χ0v) is 14.2. The third-order valence-electron chi connectivity index (χ3n) is 3.63. The molecule has 0 saturated carbocycles. The Bertz CT molecular complexity index is 655. The quantitative estimate of drug-likeness (QED) is 0.815. The Morgan fingerprint density at radius 1 is 1.27 bits per heavy atom. The highest BCUT2D eigenvalue weighted by atomic mass is 35.5. The van der Waals surface area contributed by atoms with Gasteiger partial charge in [-0.3, -0.25) is 4.79 Å². The van der Waals surface area contributed by atoms with Crippen molar-refractivity contribution in [3.63, 3.8) is 0 Å². The maximum absolute atomic E-state index is 12.3. The van der Waals surface area contributed by atoms with Crippen LogP contribution in [0.5, 0.6) is 5.75 Å². The van der Waals surface area contributed by atoms with Gasteiger partial charge in [-0.15, -0.1) is 0 Å². The average molecular weight is 347 g/mol. The van der Waals surface area contributed by atoms with Gasteiger partial charge in [-0.2, -0.15) is 4.31 Å². The fraction of sp³-hybridized carbons (Fsp3) is 0.500. The maximum Gasteiger partial charge on any atom is 0.227 e. The van der Waals surface area contributed by atoms with E-state index >= 15 is 0 Å². The van der Waals surface area contributed by atoms with Crippen molar-refractivity contribution >= 4 is 27.5 Å². The van der Waals surface area contributed by atoms with Gasteiger partial charge in [0.05, 0.1) is 24.8 Å². The number of benzene rings is 1. The summed E-state index contributed by atoms with van der Waals surface area (Å²) in [5, 5.41) is 0.467. The minimum Gasteiger partial charge on any atom is -0.495 e. The summed E-state index contributed by atoms with van der Waals surface area (Å²) in [6, 6.07) is 5.24. The molecule has 0 aliphatic carbocycles. The number of carbonyl (C=O) groups excluding carboxylic acids is 1. The van der Waals surface area contributed by atoms with E-state index in [1.165, 1.54) is 17.7 Å². The number of hydrogen-bond acceptors (Lipinski definition) is 4. The lowest BCUT2D eigenvalue weighted by Gasteiger charge is -2.33. The first-order valence-corrected chi connectivity index (χ1v) is 9.09. The van der Waals surface area contributed by atoms with Gasteiger partial charge in [0.1, 0.15) is 5.75 Å². The monoisotopic (exact) mass is 346 g/mol. The van der Waals surface area contributed by atoms with E-state index in [1.54, 1.807) is 23.1 Å². The Morgan fingerprint density at radius 2 is 1.91 bits per heavy atom. The molecule has 0 atom stereocenters. The second-order valence-corrected chi connectivity index (χ2v) is 7.58. The molecule has 1 saturated heterocycles. The van der Waals surface area contributed by atoms with E-state index in [4.69, 9.17) is 16.3 Å². The molecule has 1 aromatic rings. The Balaban J connectivity index is 1.95. The molecule has 1 heterocycles. The van der Waals surface area contributed by atoms with Gasteiger partial charge in [0.15, 0.2) is 0 Å². The van der Waals surface area contributed by atoms with Crippen LogP contribution in [0.15, 0.2) is 18.2 Å². The van der Waals surface area contributed by atoms with Gasteiger partial charge in [0, 0.05) is 26.2 Å². The molecule has 2 rings (SSSR count). The summed E-state index contributed by atoms with van der Waals surface area (Å²) in [5.74, 6) is 0.536. The molecular weight excluding hydrogens is 328 g/mol. The van der Waals surface area contributed by atoms with Crippen molar-refractivity contribution in [3.05, 3.63) is 28.8 Å². The van der Waals surface area contributed by atoms with E-state index in [2.05, 4.69) is 0 Å². The molecule has 1 amide bonds. The highest BCUT2D eigenvalue weighted by Crippen LogP contribution is 2.25. The van der Waals surface area contributed by atoms with Gasteiger partial charge >= 0.3 is 0 Å². The van der Waals surface area contributed by atoms with Gasteiger partial charge in [0.25, 0.3) is 0 Å². The van der Waals surface area contributed by atoms with Crippen LogP contribution in [0, 0.1) is 0 Å². The number of methoxy groups -OCH3 is 1. The number of piperazine rings is 1. The third-order valence-corrected chi connectivity index (χ3v) is 5.23. The summed E-state index contributed by atoms with van der Waals surface area (Å²) in [4.78, 5) is 14.0. The lowest BCUT2D eigenvalue weighted by atomic mass is 10.1. The fourth-order valence-corrected chi connectivity index (χ4v) is 3.48. The van der Waals surface area contributed by atoms with Crippen molar-refractivity contribution in [1.29, 1.82) is 0 Å². The average Bonchev–Trinajstić information content (AvgIpc) is 2.46. The van der Waals surface area contributed by atoms with Crippen LogP contribution in [-0.4, -0.2) is 63.1 Å². The van der Waals surface area contributed by atoms with E-state index in [1.807, 2.05) is 0 Å². The smallest absolute Gasteiger partial charge is 0.227 e. The van der Waals surface area contributed by atoms with E-state index in [0.29, 0.717) is 37.0 Å². The molecular formula is C14H19ClN2O4S. The molecule has 0 aromatic heterocycles. The van der Waals surface area contributed by atoms with Crippen molar-refractivity contribution in [2.75, 3.05) is 39.5 Å². The van der Waals surface area contributed by atoms with Crippen LogP contribution < -0.4 is 4.74 Å². The highest BCUT2D eigenvalue weighted by molar-refractivity contribution is 7.88. The van der Waals surface area contributed by atoms with Crippen molar-refractivity contribution in [2.45, 2.75) is 6.42 Å². The van der Waals surface area contributed by atoms with Crippen LogP contribution in [0.1, 0.15) is 5.56 Å². The molecule has 1 aliphatic rings. The van der Waals surface area contributed by atoms with Gasteiger partial charge in [0.2, 0.25) is 15.9 Å². The number of carbonyl (C=O) groups is 1. The Labute approximate surface area is 135 Å². The summed E-state index contributed by atoms with van der Waals surface area (Å²) < 4.78 is 29.4. The van der Waals surface area contributed by atoms with Crippen LogP contribution in [0.3, 0.4) is 0 Å².